The van der Waals surface area contributed by atoms with E-state index in [1.165, 1.54) is 5.56 Å². The van der Waals surface area contributed by atoms with E-state index < -0.39 is 0 Å². The van der Waals surface area contributed by atoms with Crippen LogP contribution >= 0.6 is 0 Å². The molecular weight excluding hydrogens is 250 g/mol. The molecule has 100 valence electrons. The number of hydrogen-bond donors (Lipinski definition) is 0. The molecule has 0 fully saturated rings. The maximum atomic E-state index is 8.79. The lowest BCUT2D eigenvalue weighted by Crippen LogP contribution is -2.24. The van der Waals surface area contributed by atoms with Crippen molar-refractivity contribution in [2.45, 2.75) is 25.9 Å². The van der Waals surface area contributed by atoms with Crippen molar-refractivity contribution in [3.8, 4) is 23.3 Å². The minimum absolute atomic E-state index is 0.188. The summed E-state index contributed by atoms with van der Waals surface area (Å²) in [6, 6.07) is 15.1. The second-order valence-electron chi connectivity index (χ2n) is 5.52. The first kappa shape index (κ1) is 12.6. The van der Waals surface area contributed by atoms with Gasteiger partial charge in [0.05, 0.1) is 11.6 Å². The molecule has 0 aromatic heterocycles. The fourth-order valence-electron chi connectivity index (χ4n) is 2.39. The van der Waals surface area contributed by atoms with Crippen LogP contribution in [0.5, 0.6) is 17.2 Å². The number of nitrogens with zero attached hydrogens (tertiary/aromatic N) is 1. The van der Waals surface area contributed by atoms with Crippen molar-refractivity contribution < 1.29 is 9.47 Å². The molecule has 3 nitrogen and oxygen atoms in total. The predicted molar refractivity (Wildman–Crippen MR) is 76.1 cm³/mol. The number of fused-ring (bicyclic) bond motifs is 1. The van der Waals surface area contributed by atoms with Crippen LogP contribution in [0, 0.1) is 11.3 Å². The van der Waals surface area contributed by atoms with E-state index in [1.807, 2.05) is 12.1 Å². The lowest BCUT2D eigenvalue weighted by Gasteiger charge is -2.18. The van der Waals surface area contributed by atoms with Gasteiger partial charge in [-0.05, 0) is 44.2 Å². The van der Waals surface area contributed by atoms with Crippen molar-refractivity contribution in [2.75, 3.05) is 0 Å². The first-order chi connectivity index (χ1) is 9.57. The van der Waals surface area contributed by atoms with Crippen LogP contribution in [0.15, 0.2) is 42.5 Å². The van der Waals surface area contributed by atoms with Gasteiger partial charge in [-0.1, -0.05) is 12.1 Å². The molecule has 0 amide bonds. The number of nitriles is 1. The highest BCUT2D eigenvalue weighted by Gasteiger charge is 2.32. The number of rotatable bonds is 2. The second-order valence-corrected chi connectivity index (χ2v) is 5.52. The topological polar surface area (TPSA) is 42.2 Å². The molecule has 2 aromatic carbocycles. The Labute approximate surface area is 118 Å². The SMILES string of the molecule is CC1(C)Cc2cccc(Oc3ccc(C#N)cc3)c2O1. The van der Waals surface area contributed by atoms with Gasteiger partial charge in [0, 0.05) is 12.0 Å². The van der Waals surface area contributed by atoms with Gasteiger partial charge in [0.1, 0.15) is 11.4 Å². The smallest absolute Gasteiger partial charge is 0.169 e. The summed E-state index contributed by atoms with van der Waals surface area (Å²) in [5.41, 5.74) is 1.60. The van der Waals surface area contributed by atoms with Crippen LogP contribution in [0.25, 0.3) is 0 Å². The summed E-state index contributed by atoms with van der Waals surface area (Å²) in [7, 11) is 0. The minimum atomic E-state index is -0.188. The quantitative estimate of drug-likeness (QED) is 0.822. The van der Waals surface area contributed by atoms with Crippen LogP contribution in [0.2, 0.25) is 0 Å². The van der Waals surface area contributed by atoms with E-state index in [1.54, 1.807) is 24.3 Å². The van der Waals surface area contributed by atoms with Gasteiger partial charge in [0.15, 0.2) is 11.5 Å². The summed E-state index contributed by atoms with van der Waals surface area (Å²) in [6.45, 7) is 4.14. The van der Waals surface area contributed by atoms with E-state index in [2.05, 4.69) is 26.0 Å². The number of benzene rings is 2. The third kappa shape index (κ3) is 2.33. The summed E-state index contributed by atoms with van der Waals surface area (Å²) < 4.78 is 11.8. The van der Waals surface area contributed by atoms with Crippen LogP contribution in [0.4, 0.5) is 0 Å². The molecule has 0 unspecified atom stereocenters. The third-order valence-electron chi connectivity index (χ3n) is 3.27. The lowest BCUT2D eigenvalue weighted by atomic mass is 10.0. The Balaban J connectivity index is 1.89. The third-order valence-corrected chi connectivity index (χ3v) is 3.27. The fourth-order valence-corrected chi connectivity index (χ4v) is 2.39. The van der Waals surface area contributed by atoms with Gasteiger partial charge in [-0.3, -0.25) is 0 Å². The van der Waals surface area contributed by atoms with Gasteiger partial charge in [-0.2, -0.15) is 5.26 Å². The molecule has 0 saturated carbocycles. The van der Waals surface area contributed by atoms with E-state index in [0.29, 0.717) is 11.3 Å². The highest BCUT2D eigenvalue weighted by Crippen LogP contribution is 2.43. The summed E-state index contributed by atoms with van der Waals surface area (Å²) in [5.74, 6) is 2.24. The predicted octanol–water partition coefficient (Wildman–Crippen LogP) is 4.06. The van der Waals surface area contributed by atoms with Crippen LogP contribution in [-0.4, -0.2) is 5.60 Å². The maximum absolute atomic E-state index is 8.79. The van der Waals surface area contributed by atoms with Crippen LogP contribution in [0.3, 0.4) is 0 Å². The van der Waals surface area contributed by atoms with Crippen molar-refractivity contribution in [2.24, 2.45) is 0 Å². The summed E-state index contributed by atoms with van der Waals surface area (Å²) >= 11 is 0. The van der Waals surface area contributed by atoms with Crippen LogP contribution in [0.1, 0.15) is 25.0 Å². The van der Waals surface area contributed by atoms with Gasteiger partial charge in [0.25, 0.3) is 0 Å². The monoisotopic (exact) mass is 265 g/mol. The molecule has 0 radical (unpaired) electrons. The van der Waals surface area contributed by atoms with E-state index in [-0.39, 0.29) is 5.60 Å². The highest BCUT2D eigenvalue weighted by atomic mass is 16.5. The Kier molecular flexibility index (Phi) is 2.87. The van der Waals surface area contributed by atoms with Crippen molar-refractivity contribution >= 4 is 0 Å². The summed E-state index contributed by atoms with van der Waals surface area (Å²) in [4.78, 5) is 0. The molecule has 20 heavy (non-hydrogen) atoms. The molecule has 0 saturated heterocycles. The van der Waals surface area contributed by atoms with Crippen molar-refractivity contribution in [1.82, 2.24) is 0 Å². The van der Waals surface area contributed by atoms with Gasteiger partial charge in [0.2, 0.25) is 0 Å². The van der Waals surface area contributed by atoms with E-state index >= 15 is 0 Å². The van der Waals surface area contributed by atoms with E-state index in [0.717, 1.165) is 17.9 Å². The maximum Gasteiger partial charge on any atom is 0.169 e. The van der Waals surface area contributed by atoms with Crippen LogP contribution in [-0.2, 0) is 6.42 Å². The Hall–Kier alpha value is -2.47. The average molecular weight is 265 g/mol. The zero-order valence-electron chi connectivity index (χ0n) is 11.5. The number of ether oxygens (including phenoxy) is 2. The van der Waals surface area contributed by atoms with Crippen molar-refractivity contribution in [1.29, 1.82) is 5.26 Å². The second kappa shape index (κ2) is 4.57. The van der Waals surface area contributed by atoms with Gasteiger partial charge in [-0.25, -0.2) is 0 Å². The van der Waals surface area contributed by atoms with E-state index in [4.69, 9.17) is 14.7 Å². The zero-order valence-corrected chi connectivity index (χ0v) is 11.5. The van der Waals surface area contributed by atoms with Gasteiger partial charge >= 0.3 is 0 Å². The average Bonchev–Trinajstić information content (AvgIpc) is 2.75. The molecular formula is C17H15NO2. The van der Waals surface area contributed by atoms with E-state index in [9.17, 15) is 0 Å². The Morgan fingerprint density at radius 3 is 2.60 bits per heavy atom. The lowest BCUT2D eigenvalue weighted by molar-refractivity contribution is 0.135. The molecule has 1 aliphatic rings. The fraction of sp³-hybridized carbons (Fsp3) is 0.235. The molecule has 0 N–H and O–H groups in total. The molecule has 2 aromatic rings. The Bertz CT molecular complexity index is 681. The first-order valence-electron chi connectivity index (χ1n) is 6.56. The van der Waals surface area contributed by atoms with Crippen molar-refractivity contribution in [3.63, 3.8) is 0 Å². The summed E-state index contributed by atoms with van der Waals surface area (Å²) in [5, 5.41) is 8.79. The van der Waals surface area contributed by atoms with Gasteiger partial charge < -0.3 is 9.47 Å². The summed E-state index contributed by atoms with van der Waals surface area (Å²) in [6.07, 6.45) is 0.882. The molecule has 3 rings (SSSR count). The molecule has 1 aliphatic heterocycles. The standard InChI is InChI=1S/C17H15NO2/c1-17(2)10-13-4-3-5-15(16(13)20-17)19-14-8-6-12(11-18)7-9-14/h3-9H,10H2,1-2H3. The molecule has 0 bridgehead atoms. The first-order valence-corrected chi connectivity index (χ1v) is 6.56. The normalized spacial score (nSPS) is 15.1. The molecule has 0 atom stereocenters. The molecule has 3 heteroatoms. The largest absolute Gasteiger partial charge is 0.483 e. The van der Waals surface area contributed by atoms with Crippen molar-refractivity contribution in [3.05, 3.63) is 53.6 Å². The highest BCUT2D eigenvalue weighted by molar-refractivity contribution is 5.52. The van der Waals surface area contributed by atoms with Gasteiger partial charge in [-0.15, -0.1) is 0 Å². The molecule has 1 heterocycles. The number of para-hydroxylation sites is 1. The Morgan fingerprint density at radius 1 is 1.15 bits per heavy atom. The Morgan fingerprint density at radius 2 is 1.90 bits per heavy atom. The number of hydrogen-bond acceptors (Lipinski definition) is 3. The zero-order chi connectivity index (χ0) is 14.2. The minimum Gasteiger partial charge on any atom is -0.483 e. The molecule has 0 spiro atoms. The molecule has 0 aliphatic carbocycles. The van der Waals surface area contributed by atoms with Crippen LogP contribution < -0.4 is 9.47 Å².